The van der Waals surface area contributed by atoms with Crippen molar-refractivity contribution >= 4 is 11.0 Å². The summed E-state index contributed by atoms with van der Waals surface area (Å²) in [4.78, 5) is 0. The van der Waals surface area contributed by atoms with Crippen molar-refractivity contribution in [3.05, 3.63) is 29.5 Å². The first kappa shape index (κ1) is 14.9. The average Bonchev–Trinajstić information content (AvgIpc) is 2.80. The highest BCUT2D eigenvalue weighted by molar-refractivity contribution is 5.87. The Morgan fingerprint density at radius 1 is 1.25 bits per heavy atom. The molecule has 0 spiro atoms. The maximum Gasteiger partial charge on any atom is 0.176 e. The van der Waals surface area contributed by atoms with E-state index in [1.165, 1.54) is 0 Å². The number of ether oxygens (including phenoxy) is 2. The molecule has 2 aromatic rings. The third-order valence-corrected chi connectivity index (χ3v) is 3.17. The van der Waals surface area contributed by atoms with Crippen LogP contribution in [0.3, 0.4) is 0 Å². The maximum atomic E-state index is 6.01. The van der Waals surface area contributed by atoms with Gasteiger partial charge in [0.05, 0.1) is 19.8 Å². The second kappa shape index (κ2) is 7.31. The van der Waals surface area contributed by atoms with Gasteiger partial charge in [-0.15, -0.1) is 0 Å². The highest BCUT2D eigenvalue weighted by atomic mass is 16.5. The molecule has 1 N–H and O–H groups in total. The minimum absolute atomic E-state index is 0.547. The van der Waals surface area contributed by atoms with E-state index < -0.39 is 0 Å². The zero-order valence-corrected chi connectivity index (χ0v) is 12.5. The summed E-state index contributed by atoms with van der Waals surface area (Å²) >= 11 is 0. The number of hydrogen-bond acceptors (Lipinski definition) is 4. The molecule has 0 atom stereocenters. The van der Waals surface area contributed by atoms with Gasteiger partial charge in [0.1, 0.15) is 5.76 Å². The normalized spacial score (nSPS) is 11.2. The second-order valence-corrected chi connectivity index (χ2v) is 4.68. The number of para-hydroxylation sites is 1. The van der Waals surface area contributed by atoms with Gasteiger partial charge in [0, 0.05) is 18.1 Å². The zero-order valence-electron chi connectivity index (χ0n) is 12.5. The predicted molar refractivity (Wildman–Crippen MR) is 80.1 cm³/mol. The minimum Gasteiger partial charge on any atom is -0.490 e. The van der Waals surface area contributed by atoms with Gasteiger partial charge in [0.25, 0.3) is 0 Å². The second-order valence-electron chi connectivity index (χ2n) is 4.68. The third-order valence-electron chi connectivity index (χ3n) is 3.17. The number of rotatable bonds is 8. The summed E-state index contributed by atoms with van der Waals surface area (Å²) in [7, 11) is 1.70. The van der Waals surface area contributed by atoms with E-state index in [9.17, 15) is 0 Å². The number of furan rings is 1. The fraction of sp³-hybridized carbons (Fsp3) is 0.500. The van der Waals surface area contributed by atoms with Crippen LogP contribution in [0.25, 0.3) is 11.0 Å². The van der Waals surface area contributed by atoms with Crippen LogP contribution in [-0.2, 0) is 17.9 Å². The zero-order chi connectivity index (χ0) is 14.4. The molecule has 0 bridgehead atoms. The van der Waals surface area contributed by atoms with Gasteiger partial charge in [-0.3, -0.25) is 0 Å². The summed E-state index contributed by atoms with van der Waals surface area (Å²) < 4.78 is 17.0. The van der Waals surface area contributed by atoms with Crippen LogP contribution in [0.1, 0.15) is 31.6 Å². The molecular formula is C16H23NO3. The number of fused-ring (bicyclic) bond motifs is 1. The molecule has 1 aromatic carbocycles. The van der Waals surface area contributed by atoms with E-state index in [0.29, 0.717) is 19.8 Å². The molecule has 0 aliphatic rings. The summed E-state index contributed by atoms with van der Waals surface area (Å²) in [6, 6.07) is 5.99. The standard InChI is InChI=1S/C16H23NO3/c1-4-9-17-10-15-13(11-18-3)12-7-6-8-14(19-5-2)16(12)20-15/h6-8,17H,4-5,9-11H2,1-3H3. The van der Waals surface area contributed by atoms with Gasteiger partial charge in [-0.1, -0.05) is 19.1 Å². The Balaban J connectivity index is 2.39. The van der Waals surface area contributed by atoms with Crippen LogP contribution >= 0.6 is 0 Å². The molecule has 2 rings (SSSR count). The average molecular weight is 277 g/mol. The van der Waals surface area contributed by atoms with Crippen molar-refractivity contribution in [1.82, 2.24) is 5.32 Å². The molecule has 0 amide bonds. The molecule has 0 radical (unpaired) electrons. The summed E-state index contributed by atoms with van der Waals surface area (Å²) in [5.41, 5.74) is 1.92. The summed E-state index contributed by atoms with van der Waals surface area (Å²) in [6.07, 6.45) is 1.10. The fourth-order valence-electron chi connectivity index (χ4n) is 2.29. The molecule has 0 saturated heterocycles. The van der Waals surface area contributed by atoms with Crippen molar-refractivity contribution in [2.75, 3.05) is 20.3 Å². The lowest BCUT2D eigenvalue weighted by atomic mass is 10.1. The molecule has 0 fully saturated rings. The van der Waals surface area contributed by atoms with Crippen molar-refractivity contribution in [2.45, 2.75) is 33.4 Å². The Morgan fingerprint density at radius 2 is 2.10 bits per heavy atom. The van der Waals surface area contributed by atoms with Gasteiger partial charge < -0.3 is 19.2 Å². The van der Waals surface area contributed by atoms with Gasteiger partial charge in [0.2, 0.25) is 0 Å². The molecule has 1 aromatic heterocycles. The van der Waals surface area contributed by atoms with Crippen molar-refractivity contribution in [3.63, 3.8) is 0 Å². The molecule has 4 nitrogen and oxygen atoms in total. The number of hydrogen-bond donors (Lipinski definition) is 1. The largest absolute Gasteiger partial charge is 0.490 e. The summed E-state index contributed by atoms with van der Waals surface area (Å²) in [6.45, 7) is 6.99. The lowest BCUT2D eigenvalue weighted by molar-refractivity contribution is 0.183. The van der Waals surface area contributed by atoms with E-state index >= 15 is 0 Å². The lowest BCUT2D eigenvalue weighted by Gasteiger charge is -2.03. The van der Waals surface area contributed by atoms with Crippen molar-refractivity contribution in [3.8, 4) is 5.75 Å². The van der Waals surface area contributed by atoms with Crippen LogP contribution < -0.4 is 10.1 Å². The monoisotopic (exact) mass is 277 g/mol. The molecule has 20 heavy (non-hydrogen) atoms. The molecular weight excluding hydrogens is 254 g/mol. The van der Waals surface area contributed by atoms with Crippen LogP contribution in [0.5, 0.6) is 5.75 Å². The molecule has 0 saturated carbocycles. The predicted octanol–water partition coefficient (Wildman–Crippen LogP) is 3.48. The van der Waals surface area contributed by atoms with Crippen LogP contribution in [0.2, 0.25) is 0 Å². The Kier molecular flexibility index (Phi) is 5.44. The Labute approximate surface area is 120 Å². The van der Waals surface area contributed by atoms with E-state index in [2.05, 4.69) is 18.3 Å². The first-order chi connectivity index (χ1) is 9.81. The highest BCUT2D eigenvalue weighted by Crippen LogP contribution is 2.33. The Hall–Kier alpha value is -1.52. The number of benzene rings is 1. The first-order valence-corrected chi connectivity index (χ1v) is 7.17. The lowest BCUT2D eigenvalue weighted by Crippen LogP contribution is -2.14. The van der Waals surface area contributed by atoms with Crippen LogP contribution in [0, 0.1) is 0 Å². The van der Waals surface area contributed by atoms with Gasteiger partial charge in [-0.25, -0.2) is 0 Å². The van der Waals surface area contributed by atoms with Crippen molar-refractivity contribution < 1.29 is 13.9 Å². The molecule has 0 unspecified atom stereocenters. The molecule has 0 aliphatic carbocycles. The van der Waals surface area contributed by atoms with Crippen LogP contribution in [-0.4, -0.2) is 20.3 Å². The van der Waals surface area contributed by atoms with E-state index in [-0.39, 0.29) is 0 Å². The fourth-order valence-corrected chi connectivity index (χ4v) is 2.29. The quantitative estimate of drug-likeness (QED) is 0.750. The van der Waals surface area contributed by atoms with E-state index in [4.69, 9.17) is 13.9 Å². The molecule has 0 aliphatic heterocycles. The van der Waals surface area contributed by atoms with Crippen molar-refractivity contribution in [2.24, 2.45) is 0 Å². The maximum absolute atomic E-state index is 6.01. The molecule has 1 heterocycles. The van der Waals surface area contributed by atoms with Gasteiger partial charge in [-0.05, 0) is 26.0 Å². The Bertz CT molecular complexity index is 548. The molecule has 110 valence electrons. The summed E-state index contributed by atoms with van der Waals surface area (Å²) in [5, 5.41) is 4.45. The smallest absolute Gasteiger partial charge is 0.176 e. The van der Waals surface area contributed by atoms with E-state index in [1.54, 1.807) is 7.11 Å². The van der Waals surface area contributed by atoms with E-state index in [1.807, 2.05) is 19.1 Å². The van der Waals surface area contributed by atoms with Crippen molar-refractivity contribution in [1.29, 1.82) is 0 Å². The van der Waals surface area contributed by atoms with E-state index in [0.717, 1.165) is 41.0 Å². The Morgan fingerprint density at radius 3 is 2.80 bits per heavy atom. The number of nitrogens with one attached hydrogen (secondary N) is 1. The summed E-state index contributed by atoms with van der Waals surface area (Å²) in [5.74, 6) is 1.73. The van der Waals surface area contributed by atoms with Gasteiger partial charge in [0.15, 0.2) is 11.3 Å². The SMILES string of the molecule is CCCNCc1oc2c(OCC)cccc2c1COC. The number of methoxy groups -OCH3 is 1. The van der Waals surface area contributed by atoms with Crippen LogP contribution in [0.4, 0.5) is 0 Å². The van der Waals surface area contributed by atoms with Gasteiger partial charge in [-0.2, -0.15) is 0 Å². The third kappa shape index (κ3) is 3.14. The van der Waals surface area contributed by atoms with Crippen LogP contribution in [0.15, 0.2) is 22.6 Å². The minimum atomic E-state index is 0.547. The molecule has 4 heteroatoms. The highest BCUT2D eigenvalue weighted by Gasteiger charge is 2.16. The topological polar surface area (TPSA) is 43.6 Å². The van der Waals surface area contributed by atoms with Gasteiger partial charge >= 0.3 is 0 Å². The first-order valence-electron chi connectivity index (χ1n) is 7.17.